The van der Waals surface area contributed by atoms with Gasteiger partial charge in [0.1, 0.15) is 6.29 Å². The van der Waals surface area contributed by atoms with Crippen LogP contribution >= 0.6 is 0 Å². The standard InChI is InChI=1S/C9H10O.C2H7N/c10-8-4-7-9-5-2-1-3-6-9;1-3-2/h1-3,5-6,8H,4,7H2;3H,1-2H3. The highest BCUT2D eigenvalue weighted by atomic mass is 16.1. The van der Waals surface area contributed by atoms with Crippen LogP contribution in [0.15, 0.2) is 30.3 Å². The lowest BCUT2D eigenvalue weighted by molar-refractivity contribution is -0.107. The minimum atomic E-state index is 0.629. The average molecular weight is 179 g/mol. The Morgan fingerprint density at radius 2 is 1.77 bits per heavy atom. The maximum absolute atomic E-state index is 9.98. The largest absolute Gasteiger partial charge is 0.323 e. The number of hydrogen-bond donors (Lipinski definition) is 1. The molecule has 0 amide bonds. The summed E-state index contributed by atoms with van der Waals surface area (Å²) in [4.78, 5) is 9.98. The molecule has 2 heteroatoms. The van der Waals surface area contributed by atoms with E-state index in [1.807, 2.05) is 44.4 Å². The molecule has 1 N–H and O–H groups in total. The minimum absolute atomic E-state index is 0.629. The van der Waals surface area contributed by atoms with Crippen molar-refractivity contribution in [1.29, 1.82) is 0 Å². The Morgan fingerprint density at radius 1 is 1.23 bits per heavy atom. The van der Waals surface area contributed by atoms with E-state index < -0.39 is 0 Å². The molecule has 72 valence electrons. The summed E-state index contributed by atoms with van der Waals surface area (Å²) in [7, 11) is 3.75. The van der Waals surface area contributed by atoms with Gasteiger partial charge in [0, 0.05) is 6.42 Å². The fourth-order valence-corrected chi connectivity index (χ4v) is 0.870. The van der Waals surface area contributed by atoms with E-state index in [1.165, 1.54) is 5.56 Å². The normalized spacial score (nSPS) is 8.46. The van der Waals surface area contributed by atoms with E-state index in [1.54, 1.807) is 0 Å². The molecule has 0 aliphatic heterocycles. The van der Waals surface area contributed by atoms with E-state index in [0.29, 0.717) is 6.42 Å². The summed E-state index contributed by atoms with van der Waals surface area (Å²) >= 11 is 0. The molecule has 1 aromatic rings. The molecule has 1 rings (SSSR count). The molecule has 0 fully saturated rings. The van der Waals surface area contributed by atoms with E-state index in [2.05, 4.69) is 5.32 Å². The van der Waals surface area contributed by atoms with Crippen LogP contribution in [0.1, 0.15) is 12.0 Å². The number of hydrogen-bond acceptors (Lipinski definition) is 2. The highest BCUT2D eigenvalue weighted by molar-refractivity contribution is 5.49. The molecular weight excluding hydrogens is 162 g/mol. The van der Waals surface area contributed by atoms with E-state index in [4.69, 9.17) is 0 Å². The van der Waals surface area contributed by atoms with Crippen molar-refractivity contribution in [3.05, 3.63) is 35.9 Å². The van der Waals surface area contributed by atoms with Crippen molar-refractivity contribution >= 4 is 6.29 Å². The Bertz CT molecular complexity index is 209. The molecule has 13 heavy (non-hydrogen) atoms. The quantitative estimate of drug-likeness (QED) is 0.715. The summed E-state index contributed by atoms with van der Waals surface area (Å²) in [6, 6.07) is 10.0. The van der Waals surface area contributed by atoms with Crippen molar-refractivity contribution in [2.75, 3.05) is 14.1 Å². The van der Waals surface area contributed by atoms with Gasteiger partial charge in [-0.2, -0.15) is 0 Å². The predicted octanol–water partition coefficient (Wildman–Crippen LogP) is 1.65. The van der Waals surface area contributed by atoms with Crippen molar-refractivity contribution in [3.8, 4) is 0 Å². The van der Waals surface area contributed by atoms with Crippen LogP contribution in [0.4, 0.5) is 0 Å². The molecule has 0 aliphatic rings. The smallest absolute Gasteiger partial charge is 0.120 e. The number of rotatable bonds is 3. The number of carbonyl (C=O) groups is 1. The Kier molecular flexibility index (Phi) is 8.15. The Hall–Kier alpha value is -1.15. The van der Waals surface area contributed by atoms with Crippen LogP contribution in [-0.2, 0) is 11.2 Å². The van der Waals surface area contributed by atoms with Crippen molar-refractivity contribution in [2.45, 2.75) is 12.8 Å². The van der Waals surface area contributed by atoms with Gasteiger partial charge in [-0.25, -0.2) is 0 Å². The summed E-state index contributed by atoms with van der Waals surface area (Å²) in [5, 5.41) is 2.75. The second kappa shape index (κ2) is 8.94. The first-order valence-corrected chi connectivity index (χ1v) is 4.41. The van der Waals surface area contributed by atoms with Crippen molar-refractivity contribution in [2.24, 2.45) is 0 Å². The number of aryl methyl sites for hydroxylation is 1. The van der Waals surface area contributed by atoms with E-state index in [9.17, 15) is 4.79 Å². The molecule has 0 heterocycles. The van der Waals surface area contributed by atoms with Crippen molar-refractivity contribution < 1.29 is 4.79 Å². The highest BCUT2D eigenvalue weighted by Gasteiger charge is 1.87. The second-order valence-electron chi connectivity index (χ2n) is 2.69. The third-order valence-electron chi connectivity index (χ3n) is 1.39. The highest BCUT2D eigenvalue weighted by Crippen LogP contribution is 1.99. The molecule has 0 saturated heterocycles. The minimum Gasteiger partial charge on any atom is -0.323 e. The summed E-state index contributed by atoms with van der Waals surface area (Å²) in [6.07, 6.45) is 2.45. The van der Waals surface area contributed by atoms with Crippen molar-refractivity contribution in [3.63, 3.8) is 0 Å². The summed E-state index contributed by atoms with van der Waals surface area (Å²) < 4.78 is 0. The summed E-state index contributed by atoms with van der Waals surface area (Å²) in [6.45, 7) is 0. The van der Waals surface area contributed by atoms with Crippen LogP contribution in [0.2, 0.25) is 0 Å². The van der Waals surface area contributed by atoms with Gasteiger partial charge in [-0.3, -0.25) is 0 Å². The number of carbonyl (C=O) groups excluding carboxylic acids is 1. The molecule has 0 bridgehead atoms. The number of nitrogens with one attached hydrogen (secondary N) is 1. The first-order valence-electron chi connectivity index (χ1n) is 4.41. The van der Waals surface area contributed by atoms with Crippen LogP contribution in [0.5, 0.6) is 0 Å². The van der Waals surface area contributed by atoms with Gasteiger partial charge in [0.05, 0.1) is 0 Å². The first-order chi connectivity index (χ1) is 6.35. The fraction of sp³-hybridized carbons (Fsp3) is 0.364. The Labute approximate surface area is 80.0 Å². The lowest BCUT2D eigenvalue weighted by Crippen LogP contribution is -1.89. The molecule has 2 nitrogen and oxygen atoms in total. The maximum Gasteiger partial charge on any atom is 0.120 e. The Balaban J connectivity index is 0.000000424. The van der Waals surface area contributed by atoms with E-state index in [0.717, 1.165) is 12.7 Å². The molecule has 1 aromatic carbocycles. The van der Waals surface area contributed by atoms with E-state index >= 15 is 0 Å². The topological polar surface area (TPSA) is 29.1 Å². The number of benzene rings is 1. The van der Waals surface area contributed by atoms with Crippen molar-refractivity contribution in [1.82, 2.24) is 5.32 Å². The molecule has 0 spiro atoms. The molecule has 0 radical (unpaired) electrons. The monoisotopic (exact) mass is 179 g/mol. The fourth-order valence-electron chi connectivity index (χ4n) is 0.870. The zero-order chi connectivity index (χ0) is 9.94. The first kappa shape index (κ1) is 11.8. The van der Waals surface area contributed by atoms with Crippen LogP contribution in [-0.4, -0.2) is 20.4 Å². The van der Waals surface area contributed by atoms with Crippen LogP contribution < -0.4 is 5.32 Å². The molecule has 0 saturated carbocycles. The number of aldehydes is 1. The average Bonchev–Trinajstić information content (AvgIpc) is 2.18. The summed E-state index contributed by atoms with van der Waals surface area (Å²) in [5.74, 6) is 0. The van der Waals surface area contributed by atoms with Gasteiger partial charge in [0.2, 0.25) is 0 Å². The Morgan fingerprint density at radius 3 is 2.23 bits per heavy atom. The molecule has 0 aliphatic carbocycles. The summed E-state index contributed by atoms with van der Waals surface area (Å²) in [5.41, 5.74) is 1.23. The van der Waals surface area contributed by atoms with Gasteiger partial charge in [-0.05, 0) is 26.1 Å². The van der Waals surface area contributed by atoms with Gasteiger partial charge >= 0.3 is 0 Å². The van der Waals surface area contributed by atoms with Gasteiger partial charge < -0.3 is 10.1 Å². The SMILES string of the molecule is CNC.O=CCCc1ccccc1. The predicted molar refractivity (Wildman–Crippen MR) is 55.8 cm³/mol. The second-order valence-corrected chi connectivity index (χ2v) is 2.69. The third kappa shape index (κ3) is 7.22. The van der Waals surface area contributed by atoms with Gasteiger partial charge in [0.15, 0.2) is 0 Å². The van der Waals surface area contributed by atoms with Crippen LogP contribution in [0.3, 0.4) is 0 Å². The van der Waals surface area contributed by atoms with Crippen LogP contribution in [0, 0.1) is 0 Å². The molecule has 0 aromatic heterocycles. The van der Waals surface area contributed by atoms with Gasteiger partial charge in [-0.1, -0.05) is 30.3 Å². The lowest BCUT2D eigenvalue weighted by Gasteiger charge is -1.93. The van der Waals surface area contributed by atoms with E-state index in [-0.39, 0.29) is 0 Å². The van der Waals surface area contributed by atoms with Gasteiger partial charge in [0.25, 0.3) is 0 Å². The van der Waals surface area contributed by atoms with Crippen LogP contribution in [0.25, 0.3) is 0 Å². The third-order valence-corrected chi connectivity index (χ3v) is 1.39. The van der Waals surface area contributed by atoms with Gasteiger partial charge in [-0.15, -0.1) is 0 Å². The zero-order valence-electron chi connectivity index (χ0n) is 8.29. The zero-order valence-corrected chi connectivity index (χ0v) is 8.29. The molecule has 0 unspecified atom stereocenters. The maximum atomic E-state index is 9.98. The lowest BCUT2D eigenvalue weighted by atomic mass is 10.1. The molecular formula is C11H17NO. The molecule has 0 atom stereocenters.